The SMILES string of the molecule is CCN1C(=O)/C(=C/c2cc(C)c(C)c(C)c2)SC1=S. The van der Waals surface area contributed by atoms with Crippen molar-refractivity contribution >= 4 is 40.3 Å². The van der Waals surface area contributed by atoms with E-state index in [4.69, 9.17) is 12.2 Å². The van der Waals surface area contributed by atoms with Crippen molar-refractivity contribution in [2.24, 2.45) is 0 Å². The Morgan fingerprint density at radius 1 is 1.26 bits per heavy atom. The van der Waals surface area contributed by atoms with Crippen LogP contribution in [0.5, 0.6) is 0 Å². The van der Waals surface area contributed by atoms with Crippen LogP contribution in [0.3, 0.4) is 0 Å². The van der Waals surface area contributed by atoms with Crippen LogP contribution >= 0.6 is 24.0 Å². The van der Waals surface area contributed by atoms with Crippen LogP contribution in [0.4, 0.5) is 0 Å². The second kappa shape index (κ2) is 5.47. The molecule has 0 spiro atoms. The molecule has 1 aliphatic rings. The maximum atomic E-state index is 12.1. The van der Waals surface area contributed by atoms with Gasteiger partial charge in [0.15, 0.2) is 0 Å². The second-order valence-electron chi connectivity index (χ2n) is 4.71. The molecular weight excluding hydrogens is 274 g/mol. The highest BCUT2D eigenvalue weighted by Gasteiger charge is 2.30. The number of amides is 1. The minimum atomic E-state index is 0.0216. The van der Waals surface area contributed by atoms with Crippen molar-refractivity contribution in [3.05, 3.63) is 39.3 Å². The first-order valence-electron chi connectivity index (χ1n) is 6.27. The van der Waals surface area contributed by atoms with E-state index < -0.39 is 0 Å². The monoisotopic (exact) mass is 291 g/mol. The van der Waals surface area contributed by atoms with Crippen LogP contribution in [0.2, 0.25) is 0 Å². The summed E-state index contributed by atoms with van der Waals surface area (Å²) >= 11 is 6.60. The predicted molar refractivity (Wildman–Crippen MR) is 86.2 cm³/mol. The summed E-state index contributed by atoms with van der Waals surface area (Å²) in [6.07, 6.45) is 1.94. The van der Waals surface area contributed by atoms with E-state index >= 15 is 0 Å². The van der Waals surface area contributed by atoms with E-state index in [-0.39, 0.29) is 5.91 Å². The fourth-order valence-corrected chi connectivity index (χ4v) is 3.46. The van der Waals surface area contributed by atoms with Gasteiger partial charge in [-0.1, -0.05) is 36.1 Å². The fourth-order valence-electron chi connectivity index (χ4n) is 2.08. The molecule has 100 valence electrons. The van der Waals surface area contributed by atoms with Crippen molar-refractivity contribution in [3.63, 3.8) is 0 Å². The van der Waals surface area contributed by atoms with Crippen LogP contribution in [0.15, 0.2) is 17.0 Å². The van der Waals surface area contributed by atoms with E-state index in [2.05, 4.69) is 32.9 Å². The normalized spacial score (nSPS) is 17.7. The summed E-state index contributed by atoms with van der Waals surface area (Å²) in [4.78, 5) is 14.5. The van der Waals surface area contributed by atoms with E-state index in [1.165, 1.54) is 28.5 Å². The summed E-state index contributed by atoms with van der Waals surface area (Å²) in [5, 5.41) is 0. The maximum Gasteiger partial charge on any atom is 0.266 e. The number of aryl methyl sites for hydroxylation is 2. The van der Waals surface area contributed by atoms with Crippen LogP contribution in [-0.4, -0.2) is 21.7 Å². The smallest absolute Gasteiger partial charge is 0.266 e. The molecule has 0 bridgehead atoms. The Hall–Kier alpha value is -1.13. The molecule has 0 unspecified atom stereocenters. The summed E-state index contributed by atoms with van der Waals surface area (Å²) in [5.74, 6) is 0.0216. The number of nitrogens with zero attached hydrogens (tertiary/aromatic N) is 1. The largest absolute Gasteiger partial charge is 0.293 e. The number of thioether (sulfide) groups is 1. The van der Waals surface area contributed by atoms with Gasteiger partial charge in [0, 0.05) is 6.54 Å². The first-order chi connectivity index (χ1) is 8.93. The van der Waals surface area contributed by atoms with Gasteiger partial charge in [0.05, 0.1) is 4.91 Å². The molecule has 0 saturated carbocycles. The fraction of sp³-hybridized carbons (Fsp3) is 0.333. The molecule has 2 nitrogen and oxygen atoms in total. The number of carbonyl (C=O) groups excluding carboxylic acids is 1. The van der Waals surface area contributed by atoms with Gasteiger partial charge in [-0.25, -0.2) is 0 Å². The molecule has 0 atom stereocenters. The Morgan fingerprint density at radius 3 is 2.32 bits per heavy atom. The Kier molecular flexibility index (Phi) is 4.11. The number of thiocarbonyl (C=S) groups is 1. The molecule has 2 rings (SSSR count). The van der Waals surface area contributed by atoms with Crippen LogP contribution in [0.1, 0.15) is 29.2 Å². The summed E-state index contributed by atoms with van der Waals surface area (Å²) in [6, 6.07) is 4.22. The van der Waals surface area contributed by atoms with Crippen molar-refractivity contribution in [2.75, 3.05) is 6.54 Å². The minimum absolute atomic E-state index is 0.0216. The van der Waals surface area contributed by atoms with Gasteiger partial charge >= 0.3 is 0 Å². The highest BCUT2D eigenvalue weighted by Crippen LogP contribution is 2.32. The third kappa shape index (κ3) is 2.74. The molecule has 1 aromatic carbocycles. The van der Waals surface area contributed by atoms with Crippen molar-refractivity contribution in [1.29, 1.82) is 0 Å². The first-order valence-corrected chi connectivity index (χ1v) is 7.49. The lowest BCUT2D eigenvalue weighted by molar-refractivity contribution is -0.121. The van der Waals surface area contributed by atoms with Crippen molar-refractivity contribution in [1.82, 2.24) is 4.90 Å². The quantitative estimate of drug-likeness (QED) is 0.610. The van der Waals surface area contributed by atoms with Gasteiger partial charge in [0.25, 0.3) is 5.91 Å². The number of benzene rings is 1. The molecule has 4 heteroatoms. The molecule has 1 heterocycles. The maximum absolute atomic E-state index is 12.1. The second-order valence-corrected chi connectivity index (χ2v) is 6.38. The molecule has 19 heavy (non-hydrogen) atoms. The van der Waals surface area contributed by atoms with Gasteiger partial charge in [-0.3, -0.25) is 9.69 Å². The van der Waals surface area contributed by atoms with Crippen LogP contribution in [-0.2, 0) is 4.79 Å². The van der Waals surface area contributed by atoms with Gasteiger partial charge in [-0.05, 0) is 56.0 Å². The molecule has 1 saturated heterocycles. The summed E-state index contributed by atoms with van der Waals surface area (Å²) in [6.45, 7) is 8.88. The van der Waals surface area contributed by atoms with Crippen LogP contribution < -0.4 is 0 Å². The zero-order valence-corrected chi connectivity index (χ0v) is 13.2. The predicted octanol–water partition coefficient (Wildman–Crippen LogP) is 3.83. The number of carbonyl (C=O) groups is 1. The Morgan fingerprint density at radius 2 is 1.84 bits per heavy atom. The third-order valence-electron chi connectivity index (χ3n) is 3.44. The van der Waals surface area contributed by atoms with Crippen LogP contribution in [0, 0.1) is 20.8 Å². The van der Waals surface area contributed by atoms with Crippen molar-refractivity contribution in [2.45, 2.75) is 27.7 Å². The van der Waals surface area contributed by atoms with Gasteiger partial charge in [0.1, 0.15) is 4.32 Å². The van der Waals surface area contributed by atoms with Gasteiger partial charge in [-0.2, -0.15) is 0 Å². The minimum Gasteiger partial charge on any atom is -0.293 e. The molecule has 1 aromatic rings. The summed E-state index contributed by atoms with van der Waals surface area (Å²) < 4.78 is 0.652. The third-order valence-corrected chi connectivity index (χ3v) is 4.81. The number of hydrogen-bond donors (Lipinski definition) is 0. The topological polar surface area (TPSA) is 20.3 Å². The molecule has 1 amide bonds. The average Bonchev–Trinajstić information content (AvgIpc) is 2.61. The standard InChI is InChI=1S/C15H17NOS2/c1-5-16-14(17)13(19-15(16)18)8-12-6-9(2)11(4)10(3)7-12/h6-8H,5H2,1-4H3/b13-8-. The van der Waals surface area contributed by atoms with E-state index in [0.717, 1.165) is 10.5 Å². The first kappa shape index (κ1) is 14.3. The molecule has 1 aliphatic heterocycles. The van der Waals surface area contributed by atoms with Crippen molar-refractivity contribution < 1.29 is 4.79 Å². The van der Waals surface area contributed by atoms with Gasteiger partial charge in [-0.15, -0.1) is 0 Å². The van der Waals surface area contributed by atoms with Gasteiger partial charge in [0.2, 0.25) is 0 Å². The summed E-state index contributed by atoms with van der Waals surface area (Å²) in [7, 11) is 0. The Labute approximate surface area is 123 Å². The number of hydrogen-bond acceptors (Lipinski definition) is 3. The summed E-state index contributed by atoms with van der Waals surface area (Å²) in [5.41, 5.74) is 4.87. The highest BCUT2D eigenvalue weighted by atomic mass is 32.2. The zero-order valence-electron chi connectivity index (χ0n) is 11.6. The molecule has 0 aromatic heterocycles. The highest BCUT2D eigenvalue weighted by molar-refractivity contribution is 8.26. The molecule has 0 N–H and O–H groups in total. The molecule has 0 aliphatic carbocycles. The molecular formula is C15H17NOS2. The van der Waals surface area contributed by atoms with E-state index in [9.17, 15) is 4.79 Å². The lowest BCUT2D eigenvalue weighted by atomic mass is 10.0. The van der Waals surface area contributed by atoms with E-state index in [0.29, 0.717) is 10.9 Å². The van der Waals surface area contributed by atoms with E-state index in [1.54, 1.807) is 4.90 Å². The van der Waals surface area contributed by atoms with Gasteiger partial charge < -0.3 is 0 Å². The molecule has 1 fully saturated rings. The van der Waals surface area contributed by atoms with Crippen LogP contribution in [0.25, 0.3) is 6.08 Å². The Balaban J connectivity index is 2.38. The molecule has 0 radical (unpaired) electrons. The number of likely N-dealkylation sites (N-methyl/N-ethyl adjacent to an activating group) is 1. The Bertz CT molecular complexity index is 567. The average molecular weight is 291 g/mol. The van der Waals surface area contributed by atoms with Crippen molar-refractivity contribution in [3.8, 4) is 0 Å². The zero-order chi connectivity index (χ0) is 14.2. The van der Waals surface area contributed by atoms with E-state index in [1.807, 2.05) is 13.0 Å². The lowest BCUT2D eigenvalue weighted by Crippen LogP contribution is -2.27. The lowest BCUT2D eigenvalue weighted by Gasteiger charge is -2.09. The number of rotatable bonds is 2.